The van der Waals surface area contributed by atoms with Gasteiger partial charge in [-0.15, -0.1) is 11.3 Å². The van der Waals surface area contributed by atoms with E-state index in [0.717, 1.165) is 20.5 Å². The van der Waals surface area contributed by atoms with Gasteiger partial charge >= 0.3 is 0 Å². The summed E-state index contributed by atoms with van der Waals surface area (Å²) in [7, 11) is 0. The molecule has 0 atom stereocenters. The van der Waals surface area contributed by atoms with Crippen molar-refractivity contribution in [2.75, 3.05) is 0 Å². The lowest BCUT2D eigenvalue weighted by atomic mass is 10.4. The predicted octanol–water partition coefficient (Wildman–Crippen LogP) is 2.22. The maximum absolute atomic E-state index is 4.47. The van der Waals surface area contributed by atoms with Crippen LogP contribution in [0.2, 0.25) is 0 Å². The smallest absolute Gasteiger partial charge is 0.212 e. The van der Waals surface area contributed by atoms with Gasteiger partial charge in [-0.2, -0.15) is 5.10 Å². The topological polar surface area (TPSA) is 43.1 Å². The minimum absolute atomic E-state index is 0.936. The summed E-state index contributed by atoms with van der Waals surface area (Å²) < 4.78 is 1.81. The van der Waals surface area contributed by atoms with E-state index in [1.54, 1.807) is 28.2 Å². The molecule has 0 aliphatic rings. The maximum Gasteiger partial charge on any atom is 0.212 e. The lowest BCUT2D eigenvalue weighted by molar-refractivity contribution is 0.946. The number of fused-ring (bicyclic) bond motifs is 1. The molecular weight excluding hydrogens is 216 g/mol. The van der Waals surface area contributed by atoms with Crippen LogP contribution in [0.3, 0.4) is 0 Å². The molecule has 0 aromatic carbocycles. The summed E-state index contributed by atoms with van der Waals surface area (Å²) >= 11 is 3.18. The fourth-order valence-electron chi connectivity index (χ4n) is 1.26. The van der Waals surface area contributed by atoms with Gasteiger partial charge in [0.25, 0.3) is 0 Å². The Morgan fingerprint density at radius 2 is 2.36 bits per heavy atom. The van der Waals surface area contributed by atoms with Crippen molar-refractivity contribution in [2.45, 2.75) is 6.92 Å². The van der Waals surface area contributed by atoms with Crippen LogP contribution in [0.15, 0.2) is 17.9 Å². The van der Waals surface area contributed by atoms with E-state index in [0.29, 0.717) is 0 Å². The lowest BCUT2D eigenvalue weighted by Gasteiger charge is -1.83. The first-order chi connectivity index (χ1) is 6.83. The summed E-state index contributed by atoms with van der Waals surface area (Å²) in [4.78, 5) is 10.5. The number of rotatable bonds is 1. The van der Waals surface area contributed by atoms with Crippen LogP contribution in [-0.2, 0) is 0 Å². The fourth-order valence-corrected chi connectivity index (χ4v) is 2.56. The minimum Gasteiger partial charge on any atom is -0.252 e. The van der Waals surface area contributed by atoms with Crippen molar-refractivity contribution in [3.8, 4) is 10.6 Å². The highest BCUT2D eigenvalue weighted by Gasteiger charge is 2.08. The highest BCUT2D eigenvalue weighted by atomic mass is 32.1. The standard InChI is InChI=1S/C8H6N4S2/c1-5-11-12-3-6(10-8(12)14-5)7-2-9-4-13-7/h2-4H,1H3. The van der Waals surface area contributed by atoms with E-state index < -0.39 is 0 Å². The van der Waals surface area contributed by atoms with Gasteiger partial charge in [0.2, 0.25) is 4.96 Å². The molecule has 0 saturated heterocycles. The quantitative estimate of drug-likeness (QED) is 0.634. The first-order valence-electron chi connectivity index (χ1n) is 4.04. The summed E-state index contributed by atoms with van der Waals surface area (Å²) in [5, 5.41) is 5.33. The van der Waals surface area contributed by atoms with Crippen molar-refractivity contribution in [3.63, 3.8) is 0 Å². The molecule has 0 spiro atoms. The molecule has 3 aromatic rings. The zero-order valence-electron chi connectivity index (χ0n) is 7.34. The number of imidazole rings is 1. The van der Waals surface area contributed by atoms with E-state index in [9.17, 15) is 0 Å². The van der Waals surface area contributed by atoms with E-state index in [1.165, 1.54) is 0 Å². The minimum atomic E-state index is 0.936. The Morgan fingerprint density at radius 1 is 1.43 bits per heavy atom. The highest BCUT2D eigenvalue weighted by Crippen LogP contribution is 2.24. The van der Waals surface area contributed by atoms with Crippen LogP contribution in [-0.4, -0.2) is 19.6 Å². The van der Waals surface area contributed by atoms with Crippen molar-refractivity contribution in [1.82, 2.24) is 19.6 Å². The molecule has 0 N–H and O–H groups in total. The van der Waals surface area contributed by atoms with Crippen molar-refractivity contribution < 1.29 is 0 Å². The summed E-state index contributed by atoms with van der Waals surface area (Å²) in [6, 6.07) is 0. The molecule has 0 radical (unpaired) electrons. The zero-order valence-corrected chi connectivity index (χ0v) is 8.97. The number of aromatic nitrogens is 4. The van der Waals surface area contributed by atoms with Gasteiger partial charge in [0.05, 0.1) is 16.6 Å². The number of hydrogen-bond donors (Lipinski definition) is 0. The third kappa shape index (κ3) is 1.15. The summed E-state index contributed by atoms with van der Waals surface area (Å²) in [5.41, 5.74) is 2.76. The highest BCUT2D eigenvalue weighted by molar-refractivity contribution is 7.16. The van der Waals surface area contributed by atoms with E-state index in [2.05, 4.69) is 15.1 Å². The van der Waals surface area contributed by atoms with Gasteiger partial charge in [-0.1, -0.05) is 11.3 Å². The van der Waals surface area contributed by atoms with Gasteiger partial charge in [-0.25, -0.2) is 9.50 Å². The Labute approximate surface area is 87.9 Å². The van der Waals surface area contributed by atoms with Gasteiger partial charge in [-0.3, -0.25) is 4.98 Å². The normalized spacial score (nSPS) is 11.2. The summed E-state index contributed by atoms with van der Waals surface area (Å²) in [5.74, 6) is 0. The average Bonchev–Trinajstić information content (AvgIpc) is 2.74. The molecule has 3 rings (SSSR count). The monoisotopic (exact) mass is 222 g/mol. The summed E-state index contributed by atoms with van der Waals surface area (Å²) in [6.07, 6.45) is 3.76. The largest absolute Gasteiger partial charge is 0.252 e. The van der Waals surface area contributed by atoms with Crippen LogP contribution in [0.1, 0.15) is 5.01 Å². The van der Waals surface area contributed by atoms with Crippen LogP contribution in [0.4, 0.5) is 0 Å². The zero-order chi connectivity index (χ0) is 9.54. The first kappa shape index (κ1) is 8.07. The van der Waals surface area contributed by atoms with E-state index in [1.807, 2.05) is 23.8 Å². The van der Waals surface area contributed by atoms with E-state index in [-0.39, 0.29) is 0 Å². The molecule has 0 aliphatic carbocycles. The third-order valence-electron chi connectivity index (χ3n) is 1.83. The Bertz CT molecular complexity index is 532. The molecular formula is C8H6N4S2. The molecule has 0 fully saturated rings. The number of nitrogens with zero attached hydrogens (tertiary/aromatic N) is 4. The number of aryl methyl sites for hydroxylation is 1. The van der Waals surface area contributed by atoms with Crippen molar-refractivity contribution >= 4 is 27.6 Å². The average molecular weight is 222 g/mol. The molecule has 3 aromatic heterocycles. The Kier molecular flexibility index (Phi) is 1.65. The van der Waals surface area contributed by atoms with Crippen molar-refractivity contribution in [2.24, 2.45) is 0 Å². The van der Waals surface area contributed by atoms with Crippen molar-refractivity contribution in [1.29, 1.82) is 0 Å². The maximum atomic E-state index is 4.47. The van der Waals surface area contributed by atoms with Gasteiger partial charge in [0, 0.05) is 6.20 Å². The van der Waals surface area contributed by atoms with Crippen LogP contribution in [0, 0.1) is 6.92 Å². The molecule has 0 amide bonds. The summed E-state index contributed by atoms with van der Waals surface area (Å²) in [6.45, 7) is 1.98. The predicted molar refractivity (Wildman–Crippen MR) is 56.7 cm³/mol. The first-order valence-corrected chi connectivity index (χ1v) is 5.74. The molecule has 70 valence electrons. The van der Waals surface area contributed by atoms with Gasteiger partial charge in [0.1, 0.15) is 10.7 Å². The molecule has 0 unspecified atom stereocenters. The second kappa shape index (κ2) is 2.86. The molecule has 3 heterocycles. The van der Waals surface area contributed by atoms with Crippen LogP contribution in [0.25, 0.3) is 15.5 Å². The second-order valence-corrected chi connectivity index (χ2v) is 4.89. The van der Waals surface area contributed by atoms with Gasteiger partial charge < -0.3 is 0 Å². The molecule has 0 aliphatic heterocycles. The van der Waals surface area contributed by atoms with Crippen LogP contribution >= 0.6 is 22.7 Å². The van der Waals surface area contributed by atoms with Gasteiger partial charge in [0.15, 0.2) is 0 Å². The Morgan fingerprint density at radius 3 is 3.07 bits per heavy atom. The molecule has 14 heavy (non-hydrogen) atoms. The lowest BCUT2D eigenvalue weighted by Crippen LogP contribution is -1.79. The molecule has 0 bridgehead atoms. The van der Waals surface area contributed by atoms with Crippen LogP contribution < -0.4 is 0 Å². The van der Waals surface area contributed by atoms with Gasteiger partial charge in [-0.05, 0) is 6.92 Å². The third-order valence-corrected chi connectivity index (χ3v) is 3.46. The van der Waals surface area contributed by atoms with Crippen molar-refractivity contribution in [3.05, 3.63) is 22.9 Å². The SMILES string of the molecule is Cc1nn2cc(-c3cncs3)nc2s1. The molecule has 6 heteroatoms. The number of thiazole rings is 1. The molecule has 4 nitrogen and oxygen atoms in total. The second-order valence-electron chi connectivity index (χ2n) is 2.84. The fraction of sp³-hybridized carbons (Fsp3) is 0.125. The van der Waals surface area contributed by atoms with E-state index in [4.69, 9.17) is 0 Å². The van der Waals surface area contributed by atoms with Crippen LogP contribution in [0.5, 0.6) is 0 Å². The Balaban J connectivity index is 2.20. The molecule has 0 saturated carbocycles. The Hall–Kier alpha value is -1.27. The van der Waals surface area contributed by atoms with E-state index >= 15 is 0 Å². The number of hydrogen-bond acceptors (Lipinski definition) is 5.